The van der Waals surface area contributed by atoms with Crippen molar-refractivity contribution in [1.29, 1.82) is 0 Å². The molecule has 1 saturated carbocycles. The SMILES string of the molecule is COC(=O)Cc1ccccc1COC1CC(CN)C1. The minimum atomic E-state index is -0.223. The molecule has 0 radical (unpaired) electrons. The predicted molar refractivity (Wildman–Crippen MR) is 72.5 cm³/mol. The van der Waals surface area contributed by atoms with Crippen LogP contribution in [-0.4, -0.2) is 25.7 Å². The monoisotopic (exact) mass is 263 g/mol. The van der Waals surface area contributed by atoms with Gasteiger partial charge in [-0.25, -0.2) is 0 Å². The Morgan fingerprint density at radius 1 is 1.32 bits per heavy atom. The first kappa shape index (κ1) is 14.0. The molecular formula is C15H21NO3. The molecule has 0 heterocycles. The van der Waals surface area contributed by atoms with E-state index in [-0.39, 0.29) is 5.97 Å². The van der Waals surface area contributed by atoms with E-state index in [4.69, 9.17) is 15.2 Å². The second kappa shape index (κ2) is 6.68. The van der Waals surface area contributed by atoms with Gasteiger partial charge in [0.2, 0.25) is 0 Å². The third-order valence-electron chi connectivity index (χ3n) is 3.68. The van der Waals surface area contributed by atoms with E-state index in [1.807, 2.05) is 24.3 Å². The van der Waals surface area contributed by atoms with Crippen molar-refractivity contribution in [3.63, 3.8) is 0 Å². The maximum absolute atomic E-state index is 11.3. The van der Waals surface area contributed by atoms with Crippen molar-refractivity contribution in [2.45, 2.75) is 32.0 Å². The highest BCUT2D eigenvalue weighted by molar-refractivity contribution is 5.72. The van der Waals surface area contributed by atoms with Crippen LogP contribution in [0.2, 0.25) is 0 Å². The number of hydrogen-bond donors (Lipinski definition) is 1. The Bertz CT molecular complexity index is 427. The normalized spacial score (nSPS) is 21.8. The van der Waals surface area contributed by atoms with Crippen molar-refractivity contribution < 1.29 is 14.3 Å². The Morgan fingerprint density at radius 2 is 2.00 bits per heavy atom. The van der Waals surface area contributed by atoms with Crippen LogP contribution >= 0.6 is 0 Å². The van der Waals surface area contributed by atoms with Gasteiger partial charge in [-0.1, -0.05) is 24.3 Å². The average molecular weight is 263 g/mol. The molecule has 4 heteroatoms. The van der Waals surface area contributed by atoms with Gasteiger partial charge in [0.1, 0.15) is 0 Å². The molecule has 2 N–H and O–H groups in total. The molecule has 104 valence electrons. The van der Waals surface area contributed by atoms with Crippen molar-refractivity contribution >= 4 is 5.97 Å². The summed E-state index contributed by atoms with van der Waals surface area (Å²) in [4.78, 5) is 11.3. The lowest BCUT2D eigenvalue weighted by molar-refractivity contribution is -0.139. The van der Waals surface area contributed by atoms with Gasteiger partial charge in [-0.2, -0.15) is 0 Å². The topological polar surface area (TPSA) is 61.5 Å². The van der Waals surface area contributed by atoms with Gasteiger partial charge in [0.15, 0.2) is 0 Å². The minimum absolute atomic E-state index is 0.223. The fourth-order valence-electron chi connectivity index (χ4n) is 2.31. The van der Waals surface area contributed by atoms with Crippen LogP contribution in [-0.2, 0) is 27.3 Å². The first-order chi connectivity index (χ1) is 9.22. The number of rotatable bonds is 6. The Kier molecular flexibility index (Phi) is 4.93. The minimum Gasteiger partial charge on any atom is -0.469 e. The van der Waals surface area contributed by atoms with E-state index < -0.39 is 0 Å². The molecule has 1 aromatic rings. The van der Waals surface area contributed by atoms with Gasteiger partial charge in [-0.15, -0.1) is 0 Å². The van der Waals surface area contributed by atoms with Crippen molar-refractivity contribution in [2.24, 2.45) is 11.7 Å². The maximum atomic E-state index is 11.3. The lowest BCUT2D eigenvalue weighted by Crippen LogP contribution is -2.35. The summed E-state index contributed by atoms with van der Waals surface area (Å²) in [6.45, 7) is 1.30. The molecule has 19 heavy (non-hydrogen) atoms. The van der Waals surface area contributed by atoms with Crippen molar-refractivity contribution in [3.05, 3.63) is 35.4 Å². The van der Waals surface area contributed by atoms with Crippen molar-refractivity contribution in [1.82, 2.24) is 0 Å². The Balaban J connectivity index is 1.87. The van der Waals surface area contributed by atoms with E-state index in [1.165, 1.54) is 7.11 Å². The Morgan fingerprint density at radius 3 is 2.63 bits per heavy atom. The molecule has 1 aliphatic carbocycles. The summed E-state index contributed by atoms with van der Waals surface area (Å²) in [6.07, 6.45) is 2.72. The number of carbonyl (C=O) groups is 1. The summed E-state index contributed by atoms with van der Waals surface area (Å²) in [5.74, 6) is 0.398. The standard InChI is InChI=1S/C15H21NO3/c1-18-15(17)8-12-4-2-3-5-13(12)10-19-14-6-11(7-14)9-16/h2-5,11,14H,6-10,16H2,1H3. The van der Waals surface area contributed by atoms with Crippen LogP contribution in [0.1, 0.15) is 24.0 Å². The Labute approximate surface area is 113 Å². The molecule has 1 aromatic carbocycles. The van der Waals surface area contributed by atoms with Gasteiger partial charge in [0.05, 0.1) is 26.2 Å². The summed E-state index contributed by atoms with van der Waals surface area (Å²) in [5, 5.41) is 0. The Hall–Kier alpha value is -1.39. The maximum Gasteiger partial charge on any atom is 0.309 e. The molecular weight excluding hydrogens is 242 g/mol. The highest BCUT2D eigenvalue weighted by atomic mass is 16.5. The molecule has 0 saturated heterocycles. The molecule has 0 spiro atoms. The molecule has 4 nitrogen and oxygen atoms in total. The van der Waals surface area contributed by atoms with Crippen LogP contribution in [0, 0.1) is 5.92 Å². The number of methoxy groups -OCH3 is 1. The van der Waals surface area contributed by atoms with Gasteiger partial charge in [0.25, 0.3) is 0 Å². The largest absolute Gasteiger partial charge is 0.469 e. The zero-order valence-electron chi connectivity index (χ0n) is 11.3. The van der Waals surface area contributed by atoms with Crippen LogP contribution in [0.5, 0.6) is 0 Å². The molecule has 1 fully saturated rings. The summed E-state index contributed by atoms with van der Waals surface area (Å²) < 4.78 is 10.5. The van der Waals surface area contributed by atoms with E-state index in [1.54, 1.807) is 0 Å². The first-order valence-corrected chi connectivity index (χ1v) is 6.68. The highest BCUT2D eigenvalue weighted by Gasteiger charge is 2.28. The number of hydrogen-bond acceptors (Lipinski definition) is 4. The van der Waals surface area contributed by atoms with Crippen LogP contribution in [0.3, 0.4) is 0 Å². The zero-order valence-corrected chi connectivity index (χ0v) is 11.3. The van der Waals surface area contributed by atoms with Gasteiger partial charge < -0.3 is 15.2 Å². The lowest BCUT2D eigenvalue weighted by Gasteiger charge is -2.34. The molecule has 2 rings (SSSR count). The van der Waals surface area contributed by atoms with Gasteiger partial charge in [-0.3, -0.25) is 4.79 Å². The summed E-state index contributed by atoms with van der Waals surface area (Å²) in [6, 6.07) is 7.83. The summed E-state index contributed by atoms with van der Waals surface area (Å²) >= 11 is 0. The molecule has 0 amide bonds. The number of nitrogens with two attached hydrogens (primary N) is 1. The molecule has 0 bridgehead atoms. The quantitative estimate of drug-likeness (QED) is 0.793. The molecule has 0 atom stereocenters. The van der Waals surface area contributed by atoms with Gasteiger partial charge in [0, 0.05) is 0 Å². The van der Waals surface area contributed by atoms with E-state index in [0.717, 1.165) is 30.5 Å². The molecule has 1 aliphatic rings. The first-order valence-electron chi connectivity index (χ1n) is 6.68. The molecule has 0 aromatic heterocycles. The van der Waals surface area contributed by atoms with Gasteiger partial charge >= 0.3 is 5.97 Å². The summed E-state index contributed by atoms with van der Waals surface area (Å²) in [5.41, 5.74) is 7.63. The van der Waals surface area contributed by atoms with E-state index in [0.29, 0.717) is 25.0 Å². The fraction of sp³-hybridized carbons (Fsp3) is 0.533. The second-order valence-corrected chi connectivity index (χ2v) is 5.03. The fourth-order valence-corrected chi connectivity index (χ4v) is 2.31. The highest BCUT2D eigenvalue weighted by Crippen LogP contribution is 2.29. The van der Waals surface area contributed by atoms with Crippen molar-refractivity contribution in [2.75, 3.05) is 13.7 Å². The predicted octanol–water partition coefficient (Wildman–Crippen LogP) is 1.66. The van der Waals surface area contributed by atoms with E-state index in [9.17, 15) is 4.79 Å². The van der Waals surface area contributed by atoms with Crippen molar-refractivity contribution in [3.8, 4) is 0 Å². The zero-order chi connectivity index (χ0) is 13.7. The van der Waals surface area contributed by atoms with Crippen LogP contribution in [0.4, 0.5) is 0 Å². The van der Waals surface area contributed by atoms with Gasteiger partial charge in [-0.05, 0) is 36.4 Å². The third-order valence-corrected chi connectivity index (χ3v) is 3.68. The number of benzene rings is 1. The summed E-state index contributed by atoms with van der Waals surface area (Å²) in [7, 11) is 1.41. The average Bonchev–Trinajstić information content (AvgIpc) is 2.38. The van der Waals surface area contributed by atoms with E-state index >= 15 is 0 Å². The smallest absolute Gasteiger partial charge is 0.309 e. The second-order valence-electron chi connectivity index (χ2n) is 5.03. The third kappa shape index (κ3) is 3.78. The molecule has 0 aliphatic heterocycles. The number of esters is 1. The van der Waals surface area contributed by atoms with Crippen LogP contribution in [0.25, 0.3) is 0 Å². The van der Waals surface area contributed by atoms with E-state index in [2.05, 4.69) is 0 Å². The molecule has 0 unspecified atom stereocenters. The van der Waals surface area contributed by atoms with Crippen LogP contribution in [0.15, 0.2) is 24.3 Å². The van der Waals surface area contributed by atoms with Crippen LogP contribution < -0.4 is 5.73 Å². The number of carbonyl (C=O) groups excluding carboxylic acids is 1. The number of ether oxygens (including phenoxy) is 2. The lowest BCUT2D eigenvalue weighted by atomic mass is 9.82.